The van der Waals surface area contributed by atoms with Gasteiger partial charge >= 0.3 is 0 Å². The molecule has 104 valence electrons. The second-order valence-electron chi connectivity index (χ2n) is 5.70. The number of nitrogens with one attached hydrogen (secondary N) is 1. The topological polar surface area (TPSA) is 21.3 Å². The van der Waals surface area contributed by atoms with Crippen LogP contribution in [-0.4, -0.2) is 13.2 Å². The van der Waals surface area contributed by atoms with Gasteiger partial charge in [0, 0.05) is 28.9 Å². The van der Waals surface area contributed by atoms with Crippen molar-refractivity contribution in [3.8, 4) is 5.75 Å². The van der Waals surface area contributed by atoms with E-state index in [9.17, 15) is 0 Å². The van der Waals surface area contributed by atoms with E-state index < -0.39 is 0 Å². The summed E-state index contributed by atoms with van der Waals surface area (Å²) in [6.07, 6.45) is 3.84. The molecule has 1 aromatic carbocycles. The summed E-state index contributed by atoms with van der Waals surface area (Å²) in [5, 5.41) is 6.01. The van der Waals surface area contributed by atoms with E-state index in [1.165, 1.54) is 30.4 Å². The molecule has 1 aliphatic heterocycles. The molecule has 4 rings (SSSR count). The number of benzene rings is 1. The van der Waals surface area contributed by atoms with Crippen molar-refractivity contribution in [1.29, 1.82) is 0 Å². The van der Waals surface area contributed by atoms with Crippen molar-refractivity contribution in [2.45, 2.75) is 31.2 Å². The first-order valence-electron chi connectivity index (χ1n) is 7.43. The molecule has 20 heavy (non-hydrogen) atoms. The number of ether oxygens (including phenoxy) is 1. The van der Waals surface area contributed by atoms with Gasteiger partial charge in [-0.3, -0.25) is 0 Å². The van der Waals surface area contributed by atoms with Crippen LogP contribution in [0.1, 0.15) is 40.8 Å². The zero-order chi connectivity index (χ0) is 13.4. The highest BCUT2D eigenvalue weighted by Gasteiger charge is 2.26. The van der Waals surface area contributed by atoms with Gasteiger partial charge in [0.2, 0.25) is 0 Å². The molecule has 3 heteroatoms. The number of hydrogen-bond acceptors (Lipinski definition) is 3. The van der Waals surface area contributed by atoms with Crippen LogP contribution in [-0.2, 0) is 6.42 Å². The van der Waals surface area contributed by atoms with Crippen LogP contribution in [0, 0.1) is 0 Å². The predicted octanol–water partition coefficient (Wildman–Crippen LogP) is 3.89. The average molecular weight is 285 g/mol. The second kappa shape index (κ2) is 5.23. The second-order valence-corrected chi connectivity index (χ2v) is 6.70. The Morgan fingerprint density at radius 2 is 2.15 bits per heavy atom. The van der Waals surface area contributed by atoms with Crippen molar-refractivity contribution in [1.82, 2.24) is 5.32 Å². The molecule has 0 amide bonds. The lowest BCUT2D eigenvalue weighted by atomic mass is 9.93. The van der Waals surface area contributed by atoms with Crippen molar-refractivity contribution >= 4 is 11.3 Å². The van der Waals surface area contributed by atoms with Crippen LogP contribution in [0.25, 0.3) is 0 Å². The third-order valence-electron chi connectivity index (χ3n) is 4.46. The molecule has 0 bridgehead atoms. The highest BCUT2D eigenvalue weighted by Crippen LogP contribution is 2.36. The first-order valence-corrected chi connectivity index (χ1v) is 8.31. The van der Waals surface area contributed by atoms with Crippen LogP contribution >= 0.6 is 11.3 Å². The molecule has 2 heterocycles. The molecule has 1 aromatic heterocycles. The minimum Gasteiger partial charge on any atom is -0.493 e. The number of fused-ring (bicyclic) bond motifs is 2. The van der Waals surface area contributed by atoms with Crippen LogP contribution in [0.15, 0.2) is 35.7 Å². The minimum atomic E-state index is 0.496. The van der Waals surface area contributed by atoms with Crippen LogP contribution in [0.3, 0.4) is 0 Å². The van der Waals surface area contributed by atoms with Crippen molar-refractivity contribution < 1.29 is 4.74 Å². The average Bonchev–Trinajstić information content (AvgIpc) is 3.12. The molecular weight excluding hydrogens is 266 g/mol. The summed E-state index contributed by atoms with van der Waals surface area (Å²) in [4.78, 5) is 1.58. The molecule has 0 saturated heterocycles. The maximum Gasteiger partial charge on any atom is 0.122 e. The lowest BCUT2D eigenvalue weighted by Crippen LogP contribution is -2.29. The molecule has 1 N–H and O–H groups in total. The zero-order valence-electron chi connectivity index (χ0n) is 11.5. The minimum absolute atomic E-state index is 0.496. The molecule has 0 fully saturated rings. The van der Waals surface area contributed by atoms with Crippen LogP contribution in [0.2, 0.25) is 0 Å². The highest BCUT2D eigenvalue weighted by molar-refractivity contribution is 7.10. The van der Waals surface area contributed by atoms with Crippen molar-refractivity contribution in [3.05, 3.63) is 51.7 Å². The first kappa shape index (κ1) is 12.4. The molecule has 2 unspecified atom stereocenters. The van der Waals surface area contributed by atoms with E-state index >= 15 is 0 Å². The van der Waals surface area contributed by atoms with Crippen LogP contribution in [0.5, 0.6) is 5.75 Å². The largest absolute Gasteiger partial charge is 0.493 e. The molecule has 0 saturated carbocycles. The van der Waals surface area contributed by atoms with Crippen molar-refractivity contribution in [2.24, 2.45) is 0 Å². The molecule has 0 spiro atoms. The third kappa shape index (κ3) is 2.15. The summed E-state index contributed by atoms with van der Waals surface area (Å²) in [5.41, 5.74) is 2.90. The Hall–Kier alpha value is -1.32. The number of hydrogen-bond donors (Lipinski definition) is 1. The molecule has 2 atom stereocenters. The fraction of sp³-hybridized carbons (Fsp3) is 0.412. The highest BCUT2D eigenvalue weighted by atomic mass is 32.1. The Labute approximate surface area is 123 Å². The van der Waals surface area contributed by atoms with Gasteiger partial charge in [0.25, 0.3) is 0 Å². The standard InChI is InChI=1S/C17H19NOS/c1-2-6-16-13(4-1)12(11-19-16)10-18-15-5-3-7-17-14(15)8-9-20-17/h1-2,4,6,8-9,12,15,18H,3,5,7,10-11H2. The van der Waals surface area contributed by atoms with E-state index in [0.717, 1.165) is 18.9 Å². The summed E-state index contributed by atoms with van der Waals surface area (Å²) in [5.74, 6) is 1.56. The monoisotopic (exact) mass is 285 g/mol. The molecule has 0 radical (unpaired) electrons. The Morgan fingerprint density at radius 3 is 3.15 bits per heavy atom. The van der Waals surface area contributed by atoms with E-state index in [2.05, 4.69) is 35.0 Å². The quantitative estimate of drug-likeness (QED) is 0.923. The van der Waals surface area contributed by atoms with Gasteiger partial charge < -0.3 is 10.1 Å². The van der Waals surface area contributed by atoms with E-state index in [0.29, 0.717) is 12.0 Å². The van der Waals surface area contributed by atoms with Gasteiger partial charge in [-0.15, -0.1) is 11.3 Å². The Morgan fingerprint density at radius 1 is 1.20 bits per heavy atom. The lowest BCUT2D eigenvalue weighted by Gasteiger charge is -2.25. The van der Waals surface area contributed by atoms with Gasteiger partial charge in [0.15, 0.2) is 0 Å². The van der Waals surface area contributed by atoms with Crippen molar-refractivity contribution in [2.75, 3.05) is 13.2 Å². The summed E-state index contributed by atoms with van der Waals surface area (Å²) < 4.78 is 5.77. The summed E-state index contributed by atoms with van der Waals surface area (Å²) in [6.45, 7) is 1.83. The SMILES string of the molecule is c1ccc2c(c1)OCC2CNC1CCCc2sccc21. The Bertz CT molecular complexity index is 607. The molecule has 1 aliphatic carbocycles. The number of para-hydroxylation sites is 1. The first-order chi connectivity index (χ1) is 9.92. The third-order valence-corrected chi connectivity index (χ3v) is 5.46. The molecular formula is C17H19NOS. The van der Waals surface area contributed by atoms with E-state index in [1.54, 1.807) is 4.88 Å². The number of aryl methyl sites for hydroxylation is 1. The molecule has 2 nitrogen and oxygen atoms in total. The summed E-state index contributed by atoms with van der Waals surface area (Å²) in [7, 11) is 0. The van der Waals surface area contributed by atoms with Gasteiger partial charge in [-0.25, -0.2) is 0 Å². The van der Waals surface area contributed by atoms with Crippen LogP contribution in [0.4, 0.5) is 0 Å². The fourth-order valence-corrected chi connectivity index (χ4v) is 4.37. The van der Waals surface area contributed by atoms with Gasteiger partial charge in [-0.2, -0.15) is 0 Å². The van der Waals surface area contributed by atoms with E-state index in [-0.39, 0.29) is 0 Å². The predicted molar refractivity (Wildman–Crippen MR) is 82.7 cm³/mol. The smallest absolute Gasteiger partial charge is 0.122 e. The zero-order valence-corrected chi connectivity index (χ0v) is 12.3. The Kier molecular flexibility index (Phi) is 3.25. The van der Waals surface area contributed by atoms with Gasteiger partial charge in [0.05, 0.1) is 6.61 Å². The maximum atomic E-state index is 5.77. The van der Waals surface area contributed by atoms with Gasteiger partial charge in [-0.05, 0) is 42.3 Å². The summed E-state index contributed by atoms with van der Waals surface area (Å²) >= 11 is 1.91. The van der Waals surface area contributed by atoms with Crippen LogP contribution < -0.4 is 10.1 Å². The fourth-order valence-electron chi connectivity index (χ4n) is 3.38. The normalized spacial score (nSPS) is 24.0. The van der Waals surface area contributed by atoms with E-state index in [4.69, 9.17) is 4.74 Å². The van der Waals surface area contributed by atoms with E-state index in [1.807, 2.05) is 17.4 Å². The van der Waals surface area contributed by atoms with Crippen molar-refractivity contribution in [3.63, 3.8) is 0 Å². The summed E-state index contributed by atoms with van der Waals surface area (Å²) in [6, 6.07) is 11.3. The number of thiophene rings is 1. The molecule has 2 aromatic rings. The maximum absolute atomic E-state index is 5.77. The lowest BCUT2D eigenvalue weighted by molar-refractivity contribution is 0.319. The molecule has 2 aliphatic rings. The van der Waals surface area contributed by atoms with Gasteiger partial charge in [0.1, 0.15) is 5.75 Å². The van der Waals surface area contributed by atoms with Gasteiger partial charge in [-0.1, -0.05) is 18.2 Å². The Balaban J connectivity index is 1.46. The number of rotatable bonds is 3.